The number of hydrogen-bond donors (Lipinski definition) is 0. The summed E-state index contributed by atoms with van der Waals surface area (Å²) in [4.78, 5) is 0. The van der Waals surface area contributed by atoms with Crippen LogP contribution in [0.3, 0.4) is 0 Å². The topological polar surface area (TPSA) is 0 Å². The van der Waals surface area contributed by atoms with E-state index in [0.717, 1.165) is 18.4 Å². The van der Waals surface area contributed by atoms with Crippen molar-refractivity contribution >= 4 is 0 Å². The monoisotopic (exact) mass is 162 g/mol. The fourth-order valence-electron chi connectivity index (χ4n) is 0.974. The van der Waals surface area contributed by atoms with Gasteiger partial charge in [-0.3, -0.25) is 4.39 Å². The third kappa shape index (κ3) is 6.02. The van der Waals surface area contributed by atoms with Gasteiger partial charge in [0.1, 0.15) is 6.17 Å². The molecule has 0 N–H and O–H groups in total. The minimum Gasteiger partial charge on any atom is -0.251 e. The van der Waals surface area contributed by atoms with Crippen LogP contribution in [0.25, 0.3) is 0 Å². The fraction of sp³-hybridized carbons (Fsp3) is 0.778. The normalized spacial score (nSPS) is 15.1. The van der Waals surface area contributed by atoms with Crippen LogP contribution in [0.5, 0.6) is 0 Å². The molecule has 0 bridgehead atoms. The van der Waals surface area contributed by atoms with Crippen molar-refractivity contribution in [3.63, 3.8) is 0 Å². The summed E-state index contributed by atoms with van der Waals surface area (Å²) in [5.74, 6) is 0. The Bertz CT molecular complexity index is 119. The van der Waals surface area contributed by atoms with Gasteiger partial charge in [-0.1, -0.05) is 25.0 Å². The Balaban J connectivity index is 3.66. The Hall–Kier alpha value is -0.400. The van der Waals surface area contributed by atoms with Gasteiger partial charge in [0.25, 0.3) is 0 Å². The summed E-state index contributed by atoms with van der Waals surface area (Å²) in [6, 6.07) is 0. The predicted molar refractivity (Wildman–Crippen MR) is 44.2 cm³/mol. The van der Waals surface area contributed by atoms with E-state index in [0.29, 0.717) is 0 Å². The maximum absolute atomic E-state index is 12.7. The van der Waals surface area contributed by atoms with Crippen molar-refractivity contribution in [1.82, 2.24) is 0 Å². The maximum Gasteiger partial charge on any atom is 0.121 e. The van der Waals surface area contributed by atoms with Crippen molar-refractivity contribution < 1.29 is 8.78 Å². The van der Waals surface area contributed by atoms with Gasteiger partial charge in [0.2, 0.25) is 0 Å². The summed E-state index contributed by atoms with van der Waals surface area (Å²) in [5.41, 5.74) is 1.02. The lowest BCUT2D eigenvalue weighted by atomic mass is 10.1. The lowest BCUT2D eigenvalue weighted by Gasteiger charge is -2.01. The molecule has 0 saturated carbocycles. The molecular formula is C9H16F2. The Morgan fingerprint density at radius 2 is 2.18 bits per heavy atom. The van der Waals surface area contributed by atoms with Crippen molar-refractivity contribution in [3.8, 4) is 0 Å². The highest BCUT2D eigenvalue weighted by Crippen LogP contribution is 2.08. The number of alkyl halides is 2. The molecule has 0 aliphatic rings. The number of hydrogen-bond acceptors (Lipinski definition) is 0. The first kappa shape index (κ1) is 10.6. The van der Waals surface area contributed by atoms with Gasteiger partial charge in [0, 0.05) is 6.42 Å². The molecule has 0 rings (SSSR count). The molecule has 0 aromatic heterocycles. The average Bonchev–Trinajstić information content (AvgIpc) is 1.87. The van der Waals surface area contributed by atoms with Crippen LogP contribution in [-0.2, 0) is 0 Å². The molecule has 2 heteroatoms. The third-order valence-corrected chi connectivity index (χ3v) is 1.49. The van der Waals surface area contributed by atoms with Crippen LogP contribution >= 0.6 is 0 Å². The van der Waals surface area contributed by atoms with E-state index in [4.69, 9.17) is 0 Å². The number of rotatable bonds is 5. The highest BCUT2D eigenvalue weighted by Gasteiger charge is 2.01. The number of halogens is 2. The van der Waals surface area contributed by atoms with E-state index in [1.165, 1.54) is 6.08 Å². The third-order valence-electron chi connectivity index (χ3n) is 1.49. The van der Waals surface area contributed by atoms with Gasteiger partial charge >= 0.3 is 0 Å². The molecule has 0 heterocycles. The first-order valence-corrected chi connectivity index (χ1v) is 4.08. The highest BCUT2D eigenvalue weighted by molar-refractivity contribution is 5.01. The Morgan fingerprint density at radius 1 is 1.55 bits per heavy atom. The van der Waals surface area contributed by atoms with Crippen molar-refractivity contribution in [2.45, 2.75) is 39.3 Å². The molecule has 0 aliphatic heterocycles. The zero-order valence-corrected chi connectivity index (χ0v) is 7.24. The first-order valence-electron chi connectivity index (χ1n) is 4.08. The van der Waals surface area contributed by atoms with Crippen LogP contribution in [0, 0.1) is 0 Å². The van der Waals surface area contributed by atoms with Crippen LogP contribution in [0.4, 0.5) is 8.78 Å². The van der Waals surface area contributed by atoms with Crippen LogP contribution in [0.1, 0.15) is 33.1 Å². The predicted octanol–water partition coefficient (Wildman–Crippen LogP) is 3.43. The minimum atomic E-state index is -1.09. The fourth-order valence-corrected chi connectivity index (χ4v) is 0.974. The lowest BCUT2D eigenvalue weighted by Crippen LogP contribution is -1.97. The SMILES string of the molecule is CCC/C(C)=C/[C@H](F)CCF. The van der Waals surface area contributed by atoms with Gasteiger partial charge in [-0.2, -0.15) is 0 Å². The van der Waals surface area contributed by atoms with E-state index in [-0.39, 0.29) is 6.42 Å². The Labute approximate surface area is 67.3 Å². The molecule has 0 spiro atoms. The zero-order valence-electron chi connectivity index (χ0n) is 7.24. The van der Waals surface area contributed by atoms with E-state index in [2.05, 4.69) is 0 Å². The molecule has 0 radical (unpaired) electrons. The second-order valence-corrected chi connectivity index (χ2v) is 2.76. The van der Waals surface area contributed by atoms with Gasteiger partial charge in [-0.15, -0.1) is 0 Å². The van der Waals surface area contributed by atoms with E-state index in [1.807, 2.05) is 13.8 Å². The van der Waals surface area contributed by atoms with Gasteiger partial charge in [0.05, 0.1) is 6.67 Å². The minimum absolute atomic E-state index is 0.00105. The van der Waals surface area contributed by atoms with Crippen LogP contribution < -0.4 is 0 Å². The first-order chi connectivity index (χ1) is 5.20. The zero-order chi connectivity index (χ0) is 8.69. The Morgan fingerprint density at radius 3 is 2.64 bits per heavy atom. The van der Waals surface area contributed by atoms with Crippen molar-refractivity contribution in [1.29, 1.82) is 0 Å². The summed E-state index contributed by atoms with van der Waals surface area (Å²) in [6.45, 7) is 3.35. The second kappa shape index (κ2) is 6.32. The summed E-state index contributed by atoms with van der Waals surface area (Å²) >= 11 is 0. The molecule has 0 unspecified atom stereocenters. The summed E-state index contributed by atoms with van der Waals surface area (Å²) in [6.07, 6.45) is 2.35. The molecular weight excluding hydrogens is 146 g/mol. The molecule has 66 valence electrons. The van der Waals surface area contributed by atoms with E-state index in [1.54, 1.807) is 0 Å². The maximum atomic E-state index is 12.7. The summed E-state index contributed by atoms with van der Waals surface area (Å²) in [7, 11) is 0. The summed E-state index contributed by atoms with van der Waals surface area (Å²) < 4.78 is 24.3. The average molecular weight is 162 g/mol. The van der Waals surface area contributed by atoms with Gasteiger partial charge in [-0.05, 0) is 13.3 Å². The van der Waals surface area contributed by atoms with E-state index in [9.17, 15) is 8.78 Å². The summed E-state index contributed by atoms with van der Waals surface area (Å²) in [5, 5.41) is 0. The quantitative estimate of drug-likeness (QED) is 0.543. The van der Waals surface area contributed by atoms with Gasteiger partial charge in [-0.25, -0.2) is 4.39 Å². The van der Waals surface area contributed by atoms with E-state index < -0.39 is 12.8 Å². The number of allylic oxidation sites excluding steroid dienone is 2. The molecule has 0 aromatic rings. The second-order valence-electron chi connectivity index (χ2n) is 2.76. The molecule has 0 aromatic carbocycles. The van der Waals surface area contributed by atoms with Crippen molar-refractivity contribution in [2.75, 3.05) is 6.67 Å². The molecule has 0 amide bonds. The van der Waals surface area contributed by atoms with Crippen LogP contribution in [0.2, 0.25) is 0 Å². The highest BCUT2D eigenvalue weighted by atomic mass is 19.1. The molecule has 1 atom stereocenters. The largest absolute Gasteiger partial charge is 0.251 e. The van der Waals surface area contributed by atoms with Crippen LogP contribution in [0.15, 0.2) is 11.6 Å². The smallest absolute Gasteiger partial charge is 0.121 e. The molecule has 0 nitrogen and oxygen atoms in total. The lowest BCUT2D eigenvalue weighted by molar-refractivity contribution is 0.332. The van der Waals surface area contributed by atoms with Gasteiger partial charge < -0.3 is 0 Å². The van der Waals surface area contributed by atoms with Gasteiger partial charge in [0.15, 0.2) is 0 Å². The van der Waals surface area contributed by atoms with Crippen molar-refractivity contribution in [2.24, 2.45) is 0 Å². The molecule has 0 aliphatic carbocycles. The standard InChI is InChI=1S/C9H16F2/c1-3-4-8(2)7-9(11)5-6-10/h7,9H,3-6H2,1-2H3/b8-7+/t9-/m1/s1. The Kier molecular flexibility index (Phi) is 6.09. The van der Waals surface area contributed by atoms with Crippen molar-refractivity contribution in [3.05, 3.63) is 11.6 Å². The molecule has 11 heavy (non-hydrogen) atoms. The molecule has 0 fully saturated rings. The molecule has 0 saturated heterocycles. The van der Waals surface area contributed by atoms with E-state index >= 15 is 0 Å². The van der Waals surface area contributed by atoms with Crippen LogP contribution in [-0.4, -0.2) is 12.8 Å².